The largest absolute Gasteiger partial charge is 0.495 e. The second-order valence-electron chi connectivity index (χ2n) is 2.42. The quantitative estimate of drug-likeness (QED) is 0.617. The molecule has 0 spiro atoms. The van der Waals surface area contributed by atoms with Gasteiger partial charge < -0.3 is 9.47 Å². The molecule has 1 N–H and O–H groups in total. The number of benzene rings is 1. The number of nitrogens with one attached hydrogen (secondary N) is 1. The Bertz CT molecular complexity index is 374. The lowest BCUT2D eigenvalue weighted by Gasteiger charge is -2.09. The Labute approximate surface area is 87.0 Å². The van der Waals surface area contributed by atoms with Gasteiger partial charge in [0.2, 0.25) is 0 Å². The number of hydrogen-bond acceptors (Lipinski definition) is 4. The van der Waals surface area contributed by atoms with Crippen LogP contribution in [0.3, 0.4) is 0 Å². The molecule has 74 valence electrons. The van der Waals surface area contributed by atoms with Gasteiger partial charge in [0.05, 0.1) is 24.9 Å². The predicted molar refractivity (Wildman–Crippen MR) is 53.8 cm³/mol. The summed E-state index contributed by atoms with van der Waals surface area (Å²) in [5.74, 6) is 1.01. The highest BCUT2D eigenvalue weighted by atomic mass is 35.5. The highest BCUT2D eigenvalue weighted by molar-refractivity contribution is 6.32. The third-order valence-corrected chi connectivity index (χ3v) is 1.96. The van der Waals surface area contributed by atoms with Crippen LogP contribution in [-0.2, 0) is 0 Å². The number of methoxy groups -OCH3 is 2. The van der Waals surface area contributed by atoms with Crippen LogP contribution in [0.1, 0.15) is 0 Å². The average Bonchev–Trinajstić information content (AvgIpc) is 2.19. The van der Waals surface area contributed by atoms with E-state index in [0.717, 1.165) is 0 Å². The zero-order chi connectivity index (χ0) is 10.6. The molecule has 14 heavy (non-hydrogen) atoms. The normalized spacial score (nSPS) is 9.00. The fourth-order valence-corrected chi connectivity index (χ4v) is 1.26. The first-order valence-electron chi connectivity index (χ1n) is 3.79. The number of ether oxygens (including phenoxy) is 2. The lowest BCUT2D eigenvalue weighted by molar-refractivity contribution is 0.396. The van der Waals surface area contributed by atoms with Crippen molar-refractivity contribution in [1.82, 2.24) is 0 Å². The van der Waals surface area contributed by atoms with Crippen LogP contribution >= 0.6 is 11.6 Å². The van der Waals surface area contributed by atoms with Crippen LogP contribution in [0.4, 0.5) is 5.69 Å². The summed E-state index contributed by atoms with van der Waals surface area (Å²) in [6.45, 7) is 0. The molecule has 5 heteroatoms. The van der Waals surface area contributed by atoms with Gasteiger partial charge >= 0.3 is 0 Å². The molecule has 1 aromatic rings. The number of nitrogens with zero attached hydrogens (tertiary/aromatic N) is 1. The molecule has 1 aromatic carbocycles. The Morgan fingerprint density at radius 1 is 1.29 bits per heavy atom. The fraction of sp³-hybridized carbons (Fsp3) is 0.222. The van der Waals surface area contributed by atoms with Crippen molar-refractivity contribution in [2.75, 3.05) is 19.5 Å². The van der Waals surface area contributed by atoms with Crippen molar-refractivity contribution in [2.45, 2.75) is 0 Å². The second kappa shape index (κ2) is 4.58. The molecular formula is C9H9ClN2O2. The molecule has 0 fully saturated rings. The molecule has 0 unspecified atom stereocenters. The molecule has 0 bridgehead atoms. The third-order valence-electron chi connectivity index (χ3n) is 1.66. The summed E-state index contributed by atoms with van der Waals surface area (Å²) >= 11 is 5.86. The maximum absolute atomic E-state index is 8.47. The van der Waals surface area contributed by atoms with Crippen molar-refractivity contribution < 1.29 is 9.47 Å². The van der Waals surface area contributed by atoms with E-state index in [4.69, 9.17) is 26.3 Å². The Kier molecular flexibility index (Phi) is 3.43. The Balaban J connectivity index is 3.18. The molecule has 0 atom stereocenters. The zero-order valence-corrected chi connectivity index (χ0v) is 8.55. The molecule has 0 heterocycles. The molecule has 0 aliphatic heterocycles. The smallest absolute Gasteiger partial charge is 0.181 e. The van der Waals surface area contributed by atoms with Gasteiger partial charge in [0.25, 0.3) is 0 Å². The first-order chi connectivity index (χ1) is 6.72. The van der Waals surface area contributed by atoms with Crippen molar-refractivity contribution in [3.63, 3.8) is 0 Å². The summed E-state index contributed by atoms with van der Waals surface area (Å²) < 4.78 is 10.0. The van der Waals surface area contributed by atoms with Crippen LogP contribution in [0.25, 0.3) is 0 Å². The summed E-state index contributed by atoms with van der Waals surface area (Å²) in [5.41, 5.74) is 0.515. The lowest BCUT2D eigenvalue weighted by Crippen LogP contribution is -1.95. The van der Waals surface area contributed by atoms with Gasteiger partial charge in [-0.3, -0.25) is 5.32 Å². The number of rotatable bonds is 3. The molecule has 0 amide bonds. The van der Waals surface area contributed by atoms with Crippen molar-refractivity contribution in [1.29, 1.82) is 5.26 Å². The summed E-state index contributed by atoms with van der Waals surface area (Å²) in [6, 6.07) is 3.18. The van der Waals surface area contributed by atoms with Gasteiger partial charge in [-0.2, -0.15) is 5.26 Å². The van der Waals surface area contributed by atoms with Gasteiger partial charge in [-0.15, -0.1) is 0 Å². The number of hydrogen-bond donors (Lipinski definition) is 1. The molecule has 0 aliphatic carbocycles. The molecule has 0 radical (unpaired) electrons. The maximum atomic E-state index is 8.47. The molecule has 4 nitrogen and oxygen atoms in total. The van der Waals surface area contributed by atoms with E-state index in [1.807, 2.05) is 0 Å². The monoisotopic (exact) mass is 212 g/mol. The fourth-order valence-electron chi connectivity index (χ4n) is 1.02. The average molecular weight is 213 g/mol. The van der Waals surface area contributed by atoms with Crippen LogP contribution < -0.4 is 14.8 Å². The minimum atomic E-state index is 0.422. The van der Waals surface area contributed by atoms with Crippen molar-refractivity contribution in [2.24, 2.45) is 0 Å². The van der Waals surface area contributed by atoms with Crippen molar-refractivity contribution >= 4 is 17.3 Å². The molecule has 0 saturated heterocycles. The SMILES string of the molecule is COc1cc(OC)c(NC#N)cc1Cl. The van der Waals surface area contributed by atoms with Crippen LogP contribution in [0.5, 0.6) is 11.5 Å². The minimum Gasteiger partial charge on any atom is -0.495 e. The Hall–Kier alpha value is -1.60. The predicted octanol–water partition coefficient (Wildman–Crippen LogP) is 2.25. The van der Waals surface area contributed by atoms with E-state index < -0.39 is 0 Å². The Morgan fingerprint density at radius 2 is 1.93 bits per heavy atom. The molecule has 0 aliphatic rings. The summed E-state index contributed by atoms with van der Waals surface area (Å²) in [4.78, 5) is 0. The van der Waals surface area contributed by atoms with Gasteiger partial charge in [-0.1, -0.05) is 11.6 Å². The first-order valence-corrected chi connectivity index (χ1v) is 4.17. The highest BCUT2D eigenvalue weighted by Crippen LogP contribution is 2.35. The van der Waals surface area contributed by atoms with Crippen LogP contribution in [0.2, 0.25) is 5.02 Å². The summed E-state index contributed by atoms with van der Waals surface area (Å²) in [5, 5.41) is 11.3. The van der Waals surface area contributed by atoms with Gasteiger partial charge in [0.1, 0.15) is 11.5 Å². The maximum Gasteiger partial charge on any atom is 0.181 e. The zero-order valence-electron chi connectivity index (χ0n) is 7.80. The van der Waals surface area contributed by atoms with Crippen LogP contribution in [0, 0.1) is 11.5 Å². The number of nitriles is 1. The molecular weight excluding hydrogens is 204 g/mol. The van der Waals surface area contributed by atoms with E-state index >= 15 is 0 Å². The van der Waals surface area contributed by atoms with Crippen LogP contribution in [-0.4, -0.2) is 14.2 Å². The summed E-state index contributed by atoms with van der Waals surface area (Å²) in [7, 11) is 3.02. The van der Waals surface area contributed by atoms with E-state index in [1.165, 1.54) is 14.2 Å². The molecule has 1 rings (SSSR count). The standard InChI is InChI=1S/C9H9ClN2O2/c1-13-8-4-9(14-2)7(12-5-11)3-6(8)10/h3-4,12H,1-2H3. The van der Waals surface area contributed by atoms with Crippen LogP contribution in [0.15, 0.2) is 12.1 Å². The third kappa shape index (κ3) is 2.01. The van der Waals surface area contributed by atoms with Gasteiger partial charge in [-0.05, 0) is 6.07 Å². The van der Waals surface area contributed by atoms with E-state index in [0.29, 0.717) is 22.2 Å². The minimum absolute atomic E-state index is 0.422. The second-order valence-corrected chi connectivity index (χ2v) is 2.83. The number of anilines is 1. The van der Waals surface area contributed by atoms with Gasteiger partial charge in [-0.25, -0.2) is 0 Å². The topological polar surface area (TPSA) is 54.3 Å². The van der Waals surface area contributed by atoms with E-state index in [2.05, 4.69) is 5.32 Å². The first kappa shape index (κ1) is 10.5. The van der Waals surface area contributed by atoms with Gasteiger partial charge in [0, 0.05) is 6.07 Å². The van der Waals surface area contributed by atoms with Crippen molar-refractivity contribution in [3.8, 4) is 17.7 Å². The highest BCUT2D eigenvalue weighted by Gasteiger charge is 2.08. The molecule has 0 aromatic heterocycles. The van der Waals surface area contributed by atoms with Crippen molar-refractivity contribution in [3.05, 3.63) is 17.2 Å². The van der Waals surface area contributed by atoms with E-state index in [1.54, 1.807) is 18.3 Å². The van der Waals surface area contributed by atoms with E-state index in [-0.39, 0.29) is 0 Å². The number of halogens is 1. The van der Waals surface area contributed by atoms with Gasteiger partial charge in [0.15, 0.2) is 6.19 Å². The summed E-state index contributed by atoms with van der Waals surface area (Å²) in [6.07, 6.45) is 1.79. The Morgan fingerprint density at radius 3 is 2.43 bits per heavy atom. The van der Waals surface area contributed by atoms with E-state index in [9.17, 15) is 0 Å². The lowest BCUT2D eigenvalue weighted by atomic mass is 10.2. The molecule has 0 saturated carbocycles.